The lowest BCUT2D eigenvalue weighted by molar-refractivity contribution is -0.189. The van der Waals surface area contributed by atoms with Crippen molar-refractivity contribution >= 4 is 17.7 Å². The van der Waals surface area contributed by atoms with Gasteiger partial charge in [0.25, 0.3) is 0 Å². The molecule has 2 nitrogen and oxygen atoms in total. The number of hydrogen-bond donors (Lipinski definition) is 0. The first-order valence-electron chi connectivity index (χ1n) is 8.15. The average molecular weight is 323 g/mol. The van der Waals surface area contributed by atoms with Gasteiger partial charge in [0.15, 0.2) is 0 Å². The molecule has 1 amide bonds. The summed E-state index contributed by atoms with van der Waals surface area (Å²) in [6, 6.07) is 20.9. The summed E-state index contributed by atoms with van der Waals surface area (Å²) in [5.41, 5.74) is 2.15. The summed E-state index contributed by atoms with van der Waals surface area (Å²) in [7, 11) is 0. The number of benzene rings is 2. The molecule has 2 aliphatic heterocycles. The molecule has 0 radical (unpaired) electrons. The van der Waals surface area contributed by atoms with Crippen LogP contribution < -0.4 is 0 Å². The third-order valence-corrected chi connectivity index (χ3v) is 7.72. The molecule has 4 rings (SSSR count). The van der Waals surface area contributed by atoms with Gasteiger partial charge in [-0.05, 0) is 25.0 Å². The van der Waals surface area contributed by atoms with Gasteiger partial charge < -0.3 is 4.90 Å². The molecule has 0 spiro atoms. The zero-order valence-electron chi connectivity index (χ0n) is 13.7. The summed E-state index contributed by atoms with van der Waals surface area (Å²) in [5.74, 6) is 0.281. The molecular weight excluding hydrogens is 302 g/mol. The van der Waals surface area contributed by atoms with Gasteiger partial charge in [-0.1, -0.05) is 67.6 Å². The molecule has 118 valence electrons. The number of rotatable bonds is 3. The SMILES string of the molecule is C[C@H](c1ccccc1)N1C(=O)[C@]2(C)[C@@H](C)S[C@]12c1ccccc1. The molecule has 4 atom stereocenters. The lowest BCUT2D eigenvalue weighted by atomic mass is 9.64. The molecule has 0 aliphatic carbocycles. The van der Waals surface area contributed by atoms with E-state index in [4.69, 9.17) is 0 Å². The number of likely N-dealkylation sites (tertiary alicyclic amines) is 1. The summed E-state index contributed by atoms with van der Waals surface area (Å²) in [6.07, 6.45) is 0. The summed E-state index contributed by atoms with van der Waals surface area (Å²) in [6.45, 7) is 6.45. The molecule has 2 aliphatic rings. The normalized spacial score (nSPS) is 33.4. The van der Waals surface area contributed by atoms with E-state index in [0.717, 1.165) is 0 Å². The number of nitrogens with zero attached hydrogens (tertiary/aromatic N) is 1. The smallest absolute Gasteiger partial charge is 0.235 e. The standard InChI is InChI=1S/C20H21NOS/c1-14(16-10-6-4-7-11-16)21-18(22)19(3)15(2)23-20(19,21)17-12-8-5-9-13-17/h4-15H,1-3H3/t14-,15-,19+,20+/m1/s1. The Labute approximate surface area is 141 Å². The van der Waals surface area contributed by atoms with Crippen molar-refractivity contribution < 1.29 is 4.79 Å². The predicted octanol–water partition coefficient (Wildman–Crippen LogP) is 4.58. The summed E-state index contributed by atoms with van der Waals surface area (Å²) < 4.78 is 0. The molecule has 2 aromatic carbocycles. The lowest BCUT2D eigenvalue weighted by Gasteiger charge is -2.74. The molecule has 0 unspecified atom stereocenters. The van der Waals surface area contributed by atoms with E-state index < -0.39 is 0 Å². The Hall–Kier alpha value is -1.74. The molecule has 0 aromatic heterocycles. The molecule has 2 fully saturated rings. The quantitative estimate of drug-likeness (QED) is 0.770. The molecule has 3 heteroatoms. The maximum Gasteiger partial charge on any atom is 0.235 e. The highest BCUT2D eigenvalue weighted by atomic mass is 32.2. The Kier molecular flexibility index (Phi) is 3.14. The Balaban J connectivity index is 1.80. The van der Waals surface area contributed by atoms with Crippen molar-refractivity contribution in [3.63, 3.8) is 0 Å². The fraction of sp³-hybridized carbons (Fsp3) is 0.350. The van der Waals surface area contributed by atoms with Crippen LogP contribution >= 0.6 is 11.8 Å². The lowest BCUT2D eigenvalue weighted by Crippen LogP contribution is -2.82. The van der Waals surface area contributed by atoms with E-state index in [-0.39, 0.29) is 22.2 Å². The van der Waals surface area contributed by atoms with Crippen molar-refractivity contribution in [2.24, 2.45) is 5.41 Å². The van der Waals surface area contributed by atoms with E-state index in [2.05, 4.69) is 62.1 Å². The van der Waals surface area contributed by atoms with E-state index in [1.54, 1.807) is 0 Å². The maximum absolute atomic E-state index is 13.1. The van der Waals surface area contributed by atoms with Gasteiger partial charge >= 0.3 is 0 Å². The maximum atomic E-state index is 13.1. The van der Waals surface area contributed by atoms with E-state index >= 15 is 0 Å². The van der Waals surface area contributed by atoms with Crippen molar-refractivity contribution in [3.8, 4) is 0 Å². The Morgan fingerprint density at radius 2 is 1.61 bits per heavy atom. The van der Waals surface area contributed by atoms with Crippen LogP contribution in [0.5, 0.6) is 0 Å². The minimum Gasteiger partial charge on any atom is -0.315 e. The van der Waals surface area contributed by atoms with Gasteiger partial charge in [-0.15, -0.1) is 11.8 Å². The molecule has 0 saturated carbocycles. The van der Waals surface area contributed by atoms with Gasteiger partial charge in [0, 0.05) is 5.25 Å². The number of thioether (sulfide) groups is 1. The third-order valence-electron chi connectivity index (χ3n) is 5.70. The van der Waals surface area contributed by atoms with Crippen molar-refractivity contribution in [1.29, 1.82) is 0 Å². The predicted molar refractivity (Wildman–Crippen MR) is 95.0 cm³/mol. The van der Waals surface area contributed by atoms with Crippen LogP contribution in [0, 0.1) is 5.41 Å². The van der Waals surface area contributed by atoms with Gasteiger partial charge in [0.2, 0.25) is 5.91 Å². The average Bonchev–Trinajstić information content (AvgIpc) is 2.61. The second-order valence-electron chi connectivity index (χ2n) is 6.73. The topological polar surface area (TPSA) is 20.3 Å². The number of carbonyl (C=O) groups excluding carboxylic acids is 1. The van der Waals surface area contributed by atoms with Gasteiger partial charge in [0.1, 0.15) is 4.87 Å². The van der Waals surface area contributed by atoms with Crippen molar-refractivity contribution in [1.82, 2.24) is 4.90 Å². The number of amides is 1. The second kappa shape index (κ2) is 4.88. The second-order valence-corrected chi connectivity index (χ2v) is 8.27. The minimum atomic E-state index is -0.290. The summed E-state index contributed by atoms with van der Waals surface area (Å²) in [4.78, 5) is 14.9. The van der Waals surface area contributed by atoms with Crippen molar-refractivity contribution in [2.45, 2.75) is 36.9 Å². The van der Waals surface area contributed by atoms with Crippen LogP contribution in [0.1, 0.15) is 37.9 Å². The van der Waals surface area contributed by atoms with Crippen LogP contribution in [0.15, 0.2) is 60.7 Å². The molecular formula is C20H21NOS. The molecule has 2 aromatic rings. The van der Waals surface area contributed by atoms with Crippen molar-refractivity contribution in [2.75, 3.05) is 0 Å². The van der Waals surface area contributed by atoms with Crippen LogP contribution in [0.2, 0.25) is 0 Å². The van der Waals surface area contributed by atoms with E-state index in [9.17, 15) is 4.79 Å². The molecule has 2 heterocycles. The zero-order valence-corrected chi connectivity index (χ0v) is 14.5. The fourth-order valence-electron chi connectivity index (χ4n) is 4.18. The largest absolute Gasteiger partial charge is 0.315 e. The highest BCUT2D eigenvalue weighted by Gasteiger charge is 2.80. The molecule has 23 heavy (non-hydrogen) atoms. The minimum absolute atomic E-state index is 0.0805. The van der Waals surface area contributed by atoms with Gasteiger partial charge in [-0.3, -0.25) is 4.79 Å². The first-order chi connectivity index (χ1) is 11.0. The van der Waals surface area contributed by atoms with E-state index in [1.165, 1.54) is 11.1 Å². The number of β-lactam (4-membered cyclic amide) rings is 1. The number of carbonyl (C=O) groups is 1. The number of fused-ring (bicyclic) bond motifs is 1. The van der Waals surface area contributed by atoms with Gasteiger partial charge in [-0.25, -0.2) is 0 Å². The van der Waals surface area contributed by atoms with Crippen LogP contribution in [-0.2, 0) is 9.67 Å². The Bertz CT molecular complexity index is 747. The van der Waals surface area contributed by atoms with Crippen molar-refractivity contribution in [3.05, 3.63) is 71.8 Å². The van der Waals surface area contributed by atoms with Gasteiger partial charge in [-0.2, -0.15) is 0 Å². The van der Waals surface area contributed by atoms with Crippen LogP contribution in [-0.4, -0.2) is 16.1 Å². The highest BCUT2D eigenvalue weighted by molar-refractivity contribution is 8.02. The van der Waals surface area contributed by atoms with E-state index in [1.807, 2.05) is 36.0 Å². The van der Waals surface area contributed by atoms with E-state index in [0.29, 0.717) is 5.25 Å². The highest BCUT2D eigenvalue weighted by Crippen LogP contribution is 2.76. The Morgan fingerprint density at radius 1 is 1.04 bits per heavy atom. The first kappa shape index (κ1) is 14.8. The van der Waals surface area contributed by atoms with Gasteiger partial charge in [0.05, 0.1) is 11.5 Å². The summed E-state index contributed by atoms with van der Waals surface area (Å²) >= 11 is 1.92. The van der Waals surface area contributed by atoms with Crippen LogP contribution in [0.4, 0.5) is 0 Å². The zero-order chi connectivity index (χ0) is 16.2. The molecule has 0 N–H and O–H groups in total. The summed E-state index contributed by atoms with van der Waals surface area (Å²) in [5, 5.41) is 0.356. The monoisotopic (exact) mass is 323 g/mol. The number of hydrogen-bond acceptors (Lipinski definition) is 2. The Morgan fingerprint density at radius 3 is 2.17 bits per heavy atom. The molecule has 2 saturated heterocycles. The fourth-order valence-corrected chi connectivity index (χ4v) is 6.15. The van der Waals surface area contributed by atoms with Crippen LogP contribution in [0.25, 0.3) is 0 Å². The first-order valence-corrected chi connectivity index (χ1v) is 9.03. The van der Waals surface area contributed by atoms with Crippen LogP contribution in [0.3, 0.4) is 0 Å². The third kappa shape index (κ3) is 1.64. The molecule has 0 bridgehead atoms.